The number of benzene rings is 2. The summed E-state index contributed by atoms with van der Waals surface area (Å²) in [6.07, 6.45) is 0. The van der Waals surface area contributed by atoms with Crippen LogP contribution in [0.5, 0.6) is 11.5 Å². The molecule has 4 nitrogen and oxygen atoms in total. The number of amides is 1. The molecule has 2 aromatic carbocycles. The molecule has 0 aliphatic rings. The van der Waals surface area contributed by atoms with Gasteiger partial charge in [-0.1, -0.05) is 17.7 Å². The Bertz CT molecular complexity index is 641. The Morgan fingerprint density at radius 3 is 2.59 bits per heavy atom. The lowest BCUT2D eigenvalue weighted by atomic mass is 10.2. The van der Waals surface area contributed by atoms with Crippen molar-refractivity contribution in [3.8, 4) is 11.5 Å². The van der Waals surface area contributed by atoms with E-state index in [1.807, 2.05) is 0 Å². The molecular weight excluding hydrogens is 298 g/mol. The Hall–Kier alpha value is -2.14. The zero-order valence-corrected chi connectivity index (χ0v) is 13.4. The van der Waals surface area contributed by atoms with Crippen molar-refractivity contribution in [3.05, 3.63) is 53.6 Å². The van der Waals surface area contributed by atoms with Gasteiger partial charge in [0.15, 0.2) is 0 Å². The molecule has 0 saturated heterocycles. The van der Waals surface area contributed by atoms with E-state index in [1.54, 1.807) is 23.9 Å². The molecule has 22 heavy (non-hydrogen) atoms. The number of methoxy groups -OCH3 is 1. The van der Waals surface area contributed by atoms with E-state index in [2.05, 4.69) is 36.5 Å². The molecular formula is C17H19NO3S. The van der Waals surface area contributed by atoms with Crippen LogP contribution in [-0.2, 0) is 0 Å². The van der Waals surface area contributed by atoms with Gasteiger partial charge in [-0.3, -0.25) is 4.79 Å². The summed E-state index contributed by atoms with van der Waals surface area (Å²) in [5.41, 5.74) is 1.48. The van der Waals surface area contributed by atoms with Gasteiger partial charge in [-0.15, -0.1) is 11.8 Å². The SMILES string of the molecule is COc1ccc(C(=O)NCCSc2ccc(C)cc2)c(O)c1. The Balaban J connectivity index is 1.81. The maximum absolute atomic E-state index is 12.0. The van der Waals surface area contributed by atoms with E-state index < -0.39 is 0 Å². The van der Waals surface area contributed by atoms with Crippen LogP contribution in [0.15, 0.2) is 47.4 Å². The van der Waals surface area contributed by atoms with Crippen LogP contribution in [0, 0.1) is 6.92 Å². The van der Waals surface area contributed by atoms with E-state index in [-0.39, 0.29) is 17.2 Å². The molecule has 0 bridgehead atoms. The van der Waals surface area contributed by atoms with E-state index in [9.17, 15) is 9.90 Å². The van der Waals surface area contributed by atoms with Crippen molar-refractivity contribution in [1.82, 2.24) is 5.32 Å². The van der Waals surface area contributed by atoms with Gasteiger partial charge < -0.3 is 15.2 Å². The third-order valence-corrected chi connectivity index (χ3v) is 4.14. The van der Waals surface area contributed by atoms with E-state index in [0.717, 1.165) is 5.75 Å². The fourth-order valence-electron chi connectivity index (χ4n) is 1.89. The summed E-state index contributed by atoms with van der Waals surface area (Å²) in [4.78, 5) is 13.2. The van der Waals surface area contributed by atoms with Gasteiger partial charge in [0.25, 0.3) is 5.91 Å². The third-order valence-electron chi connectivity index (χ3n) is 3.13. The normalized spacial score (nSPS) is 10.3. The molecule has 0 aliphatic heterocycles. The highest BCUT2D eigenvalue weighted by Gasteiger charge is 2.11. The minimum Gasteiger partial charge on any atom is -0.507 e. The second-order valence-corrected chi connectivity index (χ2v) is 5.97. The number of nitrogens with one attached hydrogen (secondary N) is 1. The molecule has 0 aromatic heterocycles. The summed E-state index contributed by atoms with van der Waals surface area (Å²) in [7, 11) is 1.51. The molecule has 0 saturated carbocycles. The zero-order valence-electron chi connectivity index (χ0n) is 12.6. The highest BCUT2D eigenvalue weighted by Crippen LogP contribution is 2.23. The number of carbonyl (C=O) groups is 1. The average Bonchev–Trinajstić information content (AvgIpc) is 2.52. The van der Waals surface area contributed by atoms with E-state index in [0.29, 0.717) is 12.3 Å². The summed E-state index contributed by atoms with van der Waals surface area (Å²) in [5, 5.41) is 12.6. The fraction of sp³-hybridized carbons (Fsp3) is 0.235. The lowest BCUT2D eigenvalue weighted by molar-refractivity contribution is 0.0953. The predicted molar refractivity (Wildman–Crippen MR) is 88.9 cm³/mol. The molecule has 2 rings (SSSR count). The zero-order chi connectivity index (χ0) is 15.9. The number of ether oxygens (including phenoxy) is 1. The molecule has 2 aromatic rings. The topological polar surface area (TPSA) is 58.6 Å². The van der Waals surface area contributed by atoms with Crippen molar-refractivity contribution in [1.29, 1.82) is 0 Å². The second-order valence-electron chi connectivity index (χ2n) is 4.80. The van der Waals surface area contributed by atoms with Gasteiger partial charge in [0.1, 0.15) is 11.5 Å². The average molecular weight is 317 g/mol. The van der Waals surface area contributed by atoms with E-state index >= 15 is 0 Å². The number of aromatic hydroxyl groups is 1. The van der Waals surface area contributed by atoms with Crippen LogP contribution in [0.3, 0.4) is 0 Å². The Morgan fingerprint density at radius 2 is 1.95 bits per heavy atom. The van der Waals surface area contributed by atoms with Crippen LogP contribution in [-0.4, -0.2) is 30.4 Å². The van der Waals surface area contributed by atoms with Gasteiger partial charge in [0.05, 0.1) is 12.7 Å². The Morgan fingerprint density at radius 1 is 1.23 bits per heavy atom. The maximum Gasteiger partial charge on any atom is 0.255 e. The quantitative estimate of drug-likeness (QED) is 0.634. The minimum atomic E-state index is -0.287. The van der Waals surface area contributed by atoms with Gasteiger partial charge in [-0.05, 0) is 31.2 Å². The summed E-state index contributed by atoms with van der Waals surface area (Å²) in [6.45, 7) is 2.58. The molecule has 0 spiro atoms. The molecule has 0 atom stereocenters. The van der Waals surface area contributed by atoms with Crippen LogP contribution >= 0.6 is 11.8 Å². The molecule has 5 heteroatoms. The van der Waals surface area contributed by atoms with Crippen LogP contribution in [0.4, 0.5) is 0 Å². The number of phenolic OH excluding ortho intramolecular Hbond substituents is 1. The van der Waals surface area contributed by atoms with Gasteiger partial charge in [-0.25, -0.2) is 0 Å². The number of thioether (sulfide) groups is 1. The molecule has 116 valence electrons. The number of rotatable bonds is 6. The monoisotopic (exact) mass is 317 g/mol. The first-order valence-corrected chi connectivity index (χ1v) is 7.93. The van der Waals surface area contributed by atoms with Gasteiger partial charge in [0.2, 0.25) is 0 Å². The first-order valence-electron chi connectivity index (χ1n) is 6.95. The standard InChI is InChI=1S/C17H19NO3S/c1-12-3-6-14(7-4-12)22-10-9-18-17(20)15-8-5-13(21-2)11-16(15)19/h3-8,11,19H,9-10H2,1-2H3,(H,18,20). The summed E-state index contributed by atoms with van der Waals surface area (Å²) >= 11 is 1.68. The highest BCUT2D eigenvalue weighted by molar-refractivity contribution is 7.99. The third kappa shape index (κ3) is 4.43. The second kappa shape index (κ2) is 7.75. The molecule has 2 N–H and O–H groups in total. The molecule has 1 amide bonds. The largest absolute Gasteiger partial charge is 0.507 e. The molecule has 0 aliphatic carbocycles. The van der Waals surface area contributed by atoms with Crippen molar-refractivity contribution >= 4 is 17.7 Å². The van der Waals surface area contributed by atoms with Crippen molar-refractivity contribution in [2.24, 2.45) is 0 Å². The van der Waals surface area contributed by atoms with Crippen LogP contribution in [0.1, 0.15) is 15.9 Å². The first-order chi connectivity index (χ1) is 10.6. The van der Waals surface area contributed by atoms with Crippen LogP contribution in [0.25, 0.3) is 0 Å². The van der Waals surface area contributed by atoms with Crippen molar-refractivity contribution in [3.63, 3.8) is 0 Å². The predicted octanol–water partition coefficient (Wildman–Crippen LogP) is 3.23. The fourth-order valence-corrected chi connectivity index (χ4v) is 2.66. The number of aryl methyl sites for hydroxylation is 1. The smallest absolute Gasteiger partial charge is 0.255 e. The van der Waals surface area contributed by atoms with Crippen molar-refractivity contribution in [2.45, 2.75) is 11.8 Å². The minimum absolute atomic E-state index is 0.0805. The lowest BCUT2D eigenvalue weighted by Crippen LogP contribution is -2.25. The number of hydrogen-bond donors (Lipinski definition) is 2. The highest BCUT2D eigenvalue weighted by atomic mass is 32.2. The van der Waals surface area contributed by atoms with Gasteiger partial charge in [0, 0.05) is 23.3 Å². The van der Waals surface area contributed by atoms with E-state index in [1.165, 1.54) is 23.6 Å². The number of phenols is 1. The Kier molecular flexibility index (Phi) is 5.72. The number of carbonyl (C=O) groups excluding carboxylic acids is 1. The molecule has 0 radical (unpaired) electrons. The van der Waals surface area contributed by atoms with Gasteiger partial charge >= 0.3 is 0 Å². The van der Waals surface area contributed by atoms with Crippen molar-refractivity contribution < 1.29 is 14.6 Å². The van der Waals surface area contributed by atoms with Crippen LogP contribution < -0.4 is 10.1 Å². The number of hydrogen-bond acceptors (Lipinski definition) is 4. The Labute approximate surface area is 134 Å². The van der Waals surface area contributed by atoms with E-state index in [4.69, 9.17) is 4.74 Å². The summed E-state index contributed by atoms with van der Waals surface area (Å²) < 4.78 is 4.99. The first kappa shape index (κ1) is 16.2. The maximum atomic E-state index is 12.0. The molecule has 0 unspecified atom stereocenters. The van der Waals surface area contributed by atoms with Crippen LogP contribution in [0.2, 0.25) is 0 Å². The lowest BCUT2D eigenvalue weighted by Gasteiger charge is -2.08. The molecule has 0 heterocycles. The van der Waals surface area contributed by atoms with Gasteiger partial charge in [-0.2, -0.15) is 0 Å². The summed E-state index contributed by atoms with van der Waals surface area (Å²) in [5.74, 6) is 0.919. The molecule has 0 fully saturated rings. The summed E-state index contributed by atoms with van der Waals surface area (Å²) in [6, 6.07) is 12.9. The van der Waals surface area contributed by atoms with Crippen molar-refractivity contribution in [2.75, 3.05) is 19.4 Å².